The predicted molar refractivity (Wildman–Crippen MR) is 632 cm³/mol. The molecule has 0 saturated carbocycles. The van der Waals surface area contributed by atoms with Crippen molar-refractivity contribution in [2.75, 3.05) is 0 Å². The van der Waals surface area contributed by atoms with Gasteiger partial charge in [0.25, 0.3) is 0 Å². The highest BCUT2D eigenvalue weighted by Crippen LogP contribution is 2.54. The van der Waals surface area contributed by atoms with Crippen LogP contribution in [0, 0.1) is 0 Å². The van der Waals surface area contributed by atoms with E-state index in [1.165, 1.54) is 153 Å². The van der Waals surface area contributed by atoms with Crippen LogP contribution in [0.15, 0.2) is 510 Å². The van der Waals surface area contributed by atoms with Gasteiger partial charge in [0.1, 0.15) is 0 Å². The summed E-state index contributed by atoms with van der Waals surface area (Å²) in [6.45, 7) is 0. The number of fused-ring (bicyclic) bond motifs is 30. The molecule has 0 amide bonds. The zero-order valence-corrected chi connectivity index (χ0v) is 83.1. The van der Waals surface area contributed by atoms with E-state index in [1.54, 1.807) is 0 Å². The van der Waals surface area contributed by atoms with E-state index in [-0.39, 0.29) is 0 Å². The first kappa shape index (κ1) is 87.4. The topological polar surface area (TPSA) is 105 Å². The molecule has 13 heteroatoms. The van der Waals surface area contributed by atoms with Crippen LogP contribution in [-0.2, 0) is 0 Å². The molecule has 31 aromatic rings. The minimum Gasteiger partial charge on any atom is -0.309 e. The van der Waals surface area contributed by atoms with Crippen LogP contribution in [0.1, 0.15) is 0 Å². The molecule has 700 valence electrons. The lowest BCUT2D eigenvalue weighted by Crippen LogP contribution is -2.00. The van der Waals surface area contributed by atoms with Crippen molar-refractivity contribution in [2.24, 2.45) is 0 Å². The Bertz CT molecular complexity index is 10200. The fourth-order valence-corrected chi connectivity index (χ4v) is 26.2. The Balaban J connectivity index is 0.000000106. The second-order valence-electron chi connectivity index (χ2n) is 37.9. The standard InChI is InChI=1S/C50H31N3S.C44H27N3S.C43H26N4S/c1-4-14-33(15-5-1)42-31-43(34-16-6-2-7-17-34)52-50(51-42)35-26-24-32(25-27-35)36-28-29-44-41(30-36)46-38-20-10-11-21-39(38)49-47(40-22-12-13-23-45(40)54-49)48(46)53(44)37-18-8-3-9-19-37;1-4-14-28(15-5-1)36-27-37(29-16-6-2-7-17-29)46-44(45-36)30-24-25-38-35(26-30)40-32-20-10-11-21-33(32)43-41(34-22-12-13-23-39(34)48-43)42(40)47(38)31-18-8-3-9-19-31;1-4-14-27(15-5-1)41-44-42(28-16-6-2-7-17-28)46-43(45-41)29-24-25-35-34(26-29)37-31-20-10-11-21-32(31)40-38(33-22-12-13-23-36(33)48-40)39(37)47(35)30-18-8-3-9-19-30/h1-31H;1-27H;1-26H. The molecule has 0 bridgehead atoms. The van der Waals surface area contributed by atoms with Crippen molar-refractivity contribution in [3.8, 4) is 130 Å². The van der Waals surface area contributed by atoms with Crippen molar-refractivity contribution in [3.63, 3.8) is 0 Å². The largest absolute Gasteiger partial charge is 0.309 e. The summed E-state index contributed by atoms with van der Waals surface area (Å²) in [4.78, 5) is 35.6. The van der Waals surface area contributed by atoms with Crippen molar-refractivity contribution in [2.45, 2.75) is 0 Å². The molecule has 0 N–H and O–H groups in total. The summed E-state index contributed by atoms with van der Waals surface area (Å²) in [5.74, 6) is 3.38. The van der Waals surface area contributed by atoms with Gasteiger partial charge in [0, 0.05) is 176 Å². The predicted octanol–water partition coefficient (Wildman–Crippen LogP) is 37.3. The number of hydrogen-bond acceptors (Lipinski definition) is 10. The Morgan fingerprint density at radius 3 is 0.660 bits per heavy atom. The molecule has 0 atom stereocenters. The van der Waals surface area contributed by atoms with Gasteiger partial charge in [0.2, 0.25) is 0 Å². The van der Waals surface area contributed by atoms with Crippen LogP contribution in [0.4, 0.5) is 0 Å². The Labute approximate surface area is 873 Å². The summed E-state index contributed by atoms with van der Waals surface area (Å²) >= 11 is 5.66. The normalized spacial score (nSPS) is 11.7. The van der Waals surface area contributed by atoms with Crippen LogP contribution < -0.4 is 0 Å². The lowest BCUT2D eigenvalue weighted by Gasteiger charge is -2.11. The monoisotopic (exact) mass is 1960 g/mol. The minimum atomic E-state index is 0.650. The summed E-state index contributed by atoms with van der Waals surface area (Å²) in [5.41, 5.74) is 25.7. The van der Waals surface area contributed by atoms with Crippen molar-refractivity contribution in [1.29, 1.82) is 0 Å². The first-order valence-electron chi connectivity index (χ1n) is 50.5. The highest BCUT2D eigenvalue weighted by molar-refractivity contribution is 7.28. The summed E-state index contributed by atoms with van der Waals surface area (Å²) in [5, 5.41) is 22.8. The van der Waals surface area contributed by atoms with Gasteiger partial charge < -0.3 is 13.7 Å². The molecular weight excluding hydrogens is 1880 g/mol. The van der Waals surface area contributed by atoms with E-state index < -0.39 is 0 Å². The van der Waals surface area contributed by atoms with Crippen LogP contribution in [-0.4, -0.2) is 48.6 Å². The molecule has 0 fully saturated rings. The molecule has 0 spiro atoms. The molecule has 0 aliphatic heterocycles. The van der Waals surface area contributed by atoms with Crippen molar-refractivity contribution < 1.29 is 0 Å². The molecule has 0 aliphatic rings. The first-order valence-corrected chi connectivity index (χ1v) is 52.9. The Hall–Kier alpha value is -19.2. The Morgan fingerprint density at radius 2 is 0.353 bits per heavy atom. The van der Waals surface area contributed by atoms with Crippen LogP contribution in [0.25, 0.3) is 288 Å². The molecule has 0 aliphatic carbocycles. The fourth-order valence-electron chi connectivity index (χ4n) is 22.4. The Morgan fingerprint density at radius 1 is 0.140 bits per heavy atom. The van der Waals surface area contributed by atoms with Gasteiger partial charge in [-0.1, -0.05) is 394 Å². The van der Waals surface area contributed by atoms with Gasteiger partial charge in [-0.05, 0) is 143 Å². The highest BCUT2D eigenvalue weighted by Gasteiger charge is 2.29. The van der Waals surface area contributed by atoms with Gasteiger partial charge >= 0.3 is 0 Å². The number of benzene rings is 22. The molecule has 9 aromatic heterocycles. The van der Waals surface area contributed by atoms with Crippen LogP contribution in [0.2, 0.25) is 0 Å². The Kier molecular flexibility index (Phi) is 21.3. The molecule has 9 heterocycles. The smallest absolute Gasteiger partial charge is 0.164 e. The second-order valence-corrected chi connectivity index (χ2v) is 41.1. The summed E-state index contributed by atoms with van der Waals surface area (Å²) in [6, 6.07) is 180. The van der Waals surface area contributed by atoms with E-state index in [0.717, 1.165) is 107 Å². The van der Waals surface area contributed by atoms with Gasteiger partial charge in [-0.25, -0.2) is 34.9 Å². The second kappa shape index (κ2) is 36.6. The average molecular weight is 1970 g/mol. The number of aromatic nitrogens is 10. The van der Waals surface area contributed by atoms with Crippen LogP contribution in [0.3, 0.4) is 0 Å². The molecular formula is C137H84N10S3. The third-order valence-electron chi connectivity index (χ3n) is 29.2. The maximum absolute atomic E-state index is 5.18. The zero-order chi connectivity index (χ0) is 98.8. The highest BCUT2D eigenvalue weighted by atomic mass is 32.1. The van der Waals surface area contributed by atoms with E-state index >= 15 is 0 Å². The summed E-state index contributed by atoms with van der Waals surface area (Å²) in [7, 11) is 0. The van der Waals surface area contributed by atoms with Gasteiger partial charge in [0.15, 0.2) is 29.1 Å². The number of hydrogen-bond donors (Lipinski definition) is 0. The number of para-hydroxylation sites is 3. The SMILES string of the molecule is c1ccc(-c2cc(-c3ccccc3)nc(-c3ccc(-c4ccc5c(c4)c4c6ccccc6c6sc7ccccc7c6c4n5-c4ccccc4)cc3)n2)cc1.c1ccc(-c2cc(-c3ccccc3)nc(-c3ccc4c(c3)c3c5ccccc5c5sc6ccccc6c5c3n4-c3ccccc3)n2)cc1.c1ccc(-c2nc(-c3ccccc3)nc(-c3ccc4c(c3)c3c5ccccc5c5sc6ccccc6c5c3n4-c3ccccc3)n2)cc1. The minimum absolute atomic E-state index is 0.650. The molecule has 0 saturated heterocycles. The zero-order valence-electron chi connectivity index (χ0n) is 80.7. The van der Waals surface area contributed by atoms with E-state index in [1.807, 2.05) is 119 Å². The van der Waals surface area contributed by atoms with Crippen LogP contribution in [0.5, 0.6) is 0 Å². The summed E-state index contributed by atoms with van der Waals surface area (Å²) < 4.78 is 15.3. The van der Waals surface area contributed by atoms with Gasteiger partial charge in [0.05, 0.1) is 55.9 Å². The van der Waals surface area contributed by atoms with Gasteiger partial charge in [-0.3, -0.25) is 0 Å². The summed E-state index contributed by atoms with van der Waals surface area (Å²) in [6.07, 6.45) is 0. The van der Waals surface area contributed by atoms with E-state index in [4.69, 9.17) is 34.9 Å². The van der Waals surface area contributed by atoms with Crippen molar-refractivity contribution in [1.82, 2.24) is 48.6 Å². The first-order chi connectivity index (χ1) is 74.4. The third-order valence-corrected chi connectivity index (χ3v) is 32.8. The number of nitrogens with zero attached hydrogens (tertiary/aromatic N) is 10. The molecule has 0 unspecified atom stereocenters. The number of rotatable bonds is 13. The van der Waals surface area contributed by atoms with Gasteiger partial charge in [-0.2, -0.15) is 0 Å². The van der Waals surface area contributed by atoms with E-state index in [9.17, 15) is 0 Å². The van der Waals surface area contributed by atoms with E-state index in [2.05, 4.69) is 438 Å². The quantitative estimate of drug-likeness (QED) is 0.113. The molecule has 150 heavy (non-hydrogen) atoms. The maximum Gasteiger partial charge on any atom is 0.164 e. The lowest BCUT2D eigenvalue weighted by molar-refractivity contribution is 1.07. The van der Waals surface area contributed by atoms with E-state index in [0.29, 0.717) is 29.1 Å². The third kappa shape index (κ3) is 14.9. The molecule has 31 rings (SSSR count). The maximum atomic E-state index is 5.18. The number of thiophene rings is 3. The van der Waals surface area contributed by atoms with Crippen LogP contribution >= 0.6 is 34.0 Å². The average Bonchev–Trinajstić information content (AvgIpc) is 1.54. The molecule has 10 nitrogen and oxygen atoms in total. The molecule has 0 radical (unpaired) electrons. The van der Waals surface area contributed by atoms with Crippen molar-refractivity contribution in [3.05, 3.63) is 510 Å². The van der Waals surface area contributed by atoms with Gasteiger partial charge in [-0.15, -0.1) is 34.0 Å². The lowest BCUT2D eigenvalue weighted by atomic mass is 9.97. The molecule has 22 aromatic carbocycles. The van der Waals surface area contributed by atoms with Crippen molar-refractivity contribution >= 4 is 192 Å². The fraction of sp³-hybridized carbons (Fsp3) is 0.